The summed E-state index contributed by atoms with van der Waals surface area (Å²) in [5.41, 5.74) is 7.10. The zero-order chi connectivity index (χ0) is 25.0. The van der Waals surface area contributed by atoms with Crippen molar-refractivity contribution in [3.8, 4) is 0 Å². The van der Waals surface area contributed by atoms with E-state index in [1.165, 1.54) is 12.1 Å². The van der Waals surface area contributed by atoms with Gasteiger partial charge in [0.2, 0.25) is 11.0 Å². The number of amides is 1. The molecule has 1 aliphatic rings. The predicted octanol–water partition coefficient (Wildman–Crippen LogP) is 2.54. The normalized spacial score (nSPS) is 15.9. The Bertz CT molecular complexity index is 1340. The fraction of sp³-hybridized carbons (Fsp3) is 0.292. The molecule has 0 radical (unpaired) electrons. The average molecular weight is 513 g/mol. The molecule has 3 aromatic rings. The van der Waals surface area contributed by atoms with Crippen LogP contribution in [0, 0.1) is 0 Å². The van der Waals surface area contributed by atoms with Gasteiger partial charge in [0.1, 0.15) is 6.04 Å². The summed E-state index contributed by atoms with van der Waals surface area (Å²) in [6.07, 6.45) is 4.49. The van der Waals surface area contributed by atoms with E-state index in [4.69, 9.17) is 18.0 Å². The van der Waals surface area contributed by atoms with Gasteiger partial charge in [-0.2, -0.15) is 0 Å². The molecule has 1 aliphatic heterocycles. The number of hydrogen-bond donors (Lipinski definition) is 3. The van der Waals surface area contributed by atoms with E-state index in [1.54, 1.807) is 12.1 Å². The Balaban J connectivity index is 1.32. The van der Waals surface area contributed by atoms with Gasteiger partial charge in [-0.3, -0.25) is 9.52 Å². The molecule has 1 aromatic heterocycles. The molecule has 0 spiro atoms. The van der Waals surface area contributed by atoms with Gasteiger partial charge in [-0.05, 0) is 73.8 Å². The molecule has 1 fully saturated rings. The highest BCUT2D eigenvalue weighted by Crippen LogP contribution is 2.24. The lowest BCUT2D eigenvalue weighted by Gasteiger charge is -2.34. The number of thiocarbonyl (C=S) groups is 1. The number of anilines is 1. The second kappa shape index (κ2) is 10.4. The maximum atomic E-state index is 12.9. The highest BCUT2D eigenvalue weighted by Gasteiger charge is 2.24. The van der Waals surface area contributed by atoms with Crippen LogP contribution in [-0.2, 0) is 14.8 Å². The Hall–Kier alpha value is -3.44. The molecule has 184 valence electrons. The highest BCUT2D eigenvalue weighted by molar-refractivity contribution is 7.91. The number of carbonyl (C=O) groups is 1. The van der Waals surface area contributed by atoms with Crippen LogP contribution in [-0.4, -0.2) is 49.5 Å². The van der Waals surface area contributed by atoms with Crippen LogP contribution in [0.25, 0.3) is 10.9 Å². The summed E-state index contributed by atoms with van der Waals surface area (Å²) in [6, 6.07) is 16.4. The molecule has 35 heavy (non-hydrogen) atoms. The van der Waals surface area contributed by atoms with Crippen LogP contribution >= 0.6 is 12.2 Å². The van der Waals surface area contributed by atoms with E-state index in [2.05, 4.69) is 19.9 Å². The van der Waals surface area contributed by atoms with E-state index in [-0.39, 0.29) is 28.0 Å². The third kappa shape index (κ3) is 5.63. The van der Waals surface area contributed by atoms with E-state index in [0.29, 0.717) is 0 Å². The summed E-state index contributed by atoms with van der Waals surface area (Å²) in [4.78, 5) is 18.7. The molecule has 0 aliphatic carbocycles. The van der Waals surface area contributed by atoms with Gasteiger partial charge in [-0.15, -0.1) is 0 Å². The maximum absolute atomic E-state index is 12.9. The molecular weight excluding hydrogens is 484 g/mol. The van der Waals surface area contributed by atoms with Crippen molar-refractivity contribution in [3.05, 3.63) is 60.8 Å². The van der Waals surface area contributed by atoms with Crippen LogP contribution in [0.2, 0.25) is 0 Å². The van der Waals surface area contributed by atoms with Gasteiger partial charge in [0.15, 0.2) is 0 Å². The summed E-state index contributed by atoms with van der Waals surface area (Å²) in [7, 11) is -3.82. The lowest BCUT2D eigenvalue weighted by atomic mass is 10.0. The minimum absolute atomic E-state index is 0.00347. The fourth-order valence-corrected chi connectivity index (χ4v) is 5.56. The predicted molar refractivity (Wildman–Crippen MR) is 142 cm³/mol. The van der Waals surface area contributed by atoms with Crippen molar-refractivity contribution in [3.63, 3.8) is 0 Å². The van der Waals surface area contributed by atoms with Crippen molar-refractivity contribution in [1.29, 1.82) is 0 Å². The summed E-state index contributed by atoms with van der Waals surface area (Å²) in [5, 5.41) is 4.09. The number of carbonyl (C=O) groups excluding carboxylic acids is 1. The molecule has 0 saturated carbocycles. The topological polar surface area (TPSA) is 122 Å². The number of fused-ring (bicyclic) bond motifs is 1. The van der Waals surface area contributed by atoms with E-state index in [9.17, 15) is 13.2 Å². The number of nitrogens with two attached hydrogens (primary N) is 1. The molecule has 2 aromatic carbocycles. The smallest absolute Gasteiger partial charge is 0.263 e. The highest BCUT2D eigenvalue weighted by atomic mass is 32.2. The van der Waals surface area contributed by atoms with Gasteiger partial charge in [-0.25, -0.2) is 13.4 Å². The number of sulfonamides is 1. The summed E-state index contributed by atoms with van der Waals surface area (Å²) < 4.78 is 29.0. The van der Waals surface area contributed by atoms with Crippen LogP contribution < -0.4 is 20.7 Å². The van der Waals surface area contributed by atoms with Crippen LogP contribution in [0.5, 0.6) is 0 Å². The standard InChI is InChI=1S/C24H28N6O3S2/c1-17(30-15-10-18-4-2-3-5-22(18)30)23(31)27-19-11-13-29(14-12-19)20-6-8-21(9-7-20)35(32,33)28-24(34)26-16-25/h2-10,15-17,19H,11-14H2,1H3,(H,27,31)(H3,25,26,28,34)/t17-/m0/s1. The number of benzene rings is 2. The Morgan fingerprint density at radius 3 is 2.51 bits per heavy atom. The number of para-hydroxylation sites is 1. The molecule has 11 heteroatoms. The third-order valence-electron chi connectivity index (χ3n) is 6.19. The van der Waals surface area contributed by atoms with E-state index in [0.717, 1.165) is 48.9 Å². The molecule has 2 heterocycles. The second-order valence-electron chi connectivity index (χ2n) is 8.41. The van der Waals surface area contributed by atoms with Crippen LogP contribution in [0.4, 0.5) is 5.69 Å². The monoisotopic (exact) mass is 512 g/mol. The maximum Gasteiger partial charge on any atom is 0.263 e. The van der Waals surface area contributed by atoms with Gasteiger partial charge < -0.3 is 20.5 Å². The lowest BCUT2D eigenvalue weighted by Crippen LogP contribution is -2.46. The Labute approximate surface area is 210 Å². The van der Waals surface area contributed by atoms with Gasteiger partial charge in [0, 0.05) is 36.5 Å². The Morgan fingerprint density at radius 1 is 1.14 bits per heavy atom. The second-order valence-corrected chi connectivity index (χ2v) is 10.5. The summed E-state index contributed by atoms with van der Waals surface area (Å²) >= 11 is 4.82. The van der Waals surface area contributed by atoms with Crippen molar-refractivity contribution >= 4 is 56.2 Å². The van der Waals surface area contributed by atoms with Crippen molar-refractivity contribution in [1.82, 2.24) is 14.6 Å². The van der Waals surface area contributed by atoms with Gasteiger partial charge in [0.25, 0.3) is 10.0 Å². The molecule has 4 rings (SSSR count). The number of nitrogens with zero attached hydrogens (tertiary/aromatic N) is 3. The number of piperidine rings is 1. The number of aromatic nitrogens is 1. The van der Waals surface area contributed by atoms with Gasteiger partial charge in [-0.1, -0.05) is 18.2 Å². The quantitative estimate of drug-likeness (QED) is 0.265. The zero-order valence-electron chi connectivity index (χ0n) is 19.3. The number of rotatable bonds is 6. The van der Waals surface area contributed by atoms with E-state index < -0.39 is 10.0 Å². The van der Waals surface area contributed by atoms with E-state index in [1.807, 2.05) is 48.0 Å². The molecule has 9 nitrogen and oxygen atoms in total. The molecule has 0 unspecified atom stereocenters. The number of hydrogen-bond acceptors (Lipinski definition) is 5. The minimum Gasteiger partial charge on any atom is -0.390 e. The summed E-state index contributed by atoms with van der Waals surface area (Å²) in [5.74, 6) is 0.00347. The van der Waals surface area contributed by atoms with E-state index >= 15 is 0 Å². The molecule has 0 bridgehead atoms. The molecular formula is C24H28N6O3S2. The average Bonchev–Trinajstić information content (AvgIpc) is 3.28. The van der Waals surface area contributed by atoms with Crippen molar-refractivity contribution in [2.75, 3.05) is 18.0 Å². The molecule has 1 atom stereocenters. The first-order chi connectivity index (χ1) is 16.8. The third-order valence-corrected chi connectivity index (χ3v) is 7.88. The van der Waals surface area contributed by atoms with Gasteiger partial charge >= 0.3 is 0 Å². The largest absolute Gasteiger partial charge is 0.390 e. The van der Waals surface area contributed by atoms with Crippen LogP contribution in [0.15, 0.2) is 70.7 Å². The molecule has 4 N–H and O–H groups in total. The Kier molecular flexibility index (Phi) is 7.37. The number of nitrogens with one attached hydrogen (secondary N) is 2. The van der Waals surface area contributed by atoms with Crippen molar-refractivity contribution < 1.29 is 13.2 Å². The SMILES string of the molecule is C[C@@H](C(=O)NC1CCN(c2ccc(S(=O)(=O)NC(=S)N=CN)cc2)CC1)n1ccc2ccccc21. The number of aliphatic imine (C=N–C) groups is 1. The lowest BCUT2D eigenvalue weighted by molar-refractivity contribution is -0.124. The fourth-order valence-electron chi connectivity index (χ4n) is 4.28. The van der Waals surface area contributed by atoms with Crippen LogP contribution in [0.1, 0.15) is 25.8 Å². The molecule has 1 amide bonds. The first-order valence-electron chi connectivity index (χ1n) is 11.3. The zero-order valence-corrected chi connectivity index (χ0v) is 20.9. The first-order valence-corrected chi connectivity index (χ1v) is 13.2. The van der Waals surface area contributed by atoms with Crippen LogP contribution in [0.3, 0.4) is 0 Å². The Morgan fingerprint density at radius 2 is 1.83 bits per heavy atom. The van der Waals surface area contributed by atoms with Crippen molar-refractivity contribution in [2.45, 2.75) is 36.7 Å². The first kappa shape index (κ1) is 24.7. The van der Waals surface area contributed by atoms with Crippen molar-refractivity contribution in [2.24, 2.45) is 10.7 Å². The summed E-state index contributed by atoms with van der Waals surface area (Å²) in [6.45, 7) is 3.42. The van der Waals surface area contributed by atoms with Gasteiger partial charge in [0.05, 0.1) is 11.2 Å². The molecule has 1 saturated heterocycles. The minimum atomic E-state index is -3.82.